The Morgan fingerprint density at radius 3 is 2.83 bits per heavy atom. The first kappa shape index (κ1) is 12.4. The number of carbonyl (C=O) groups excluding carboxylic acids is 1. The van der Waals surface area contributed by atoms with E-state index in [0.29, 0.717) is 18.8 Å². The lowest BCUT2D eigenvalue weighted by atomic mass is 10.1. The van der Waals surface area contributed by atoms with Crippen molar-refractivity contribution in [3.05, 3.63) is 59.4 Å². The highest BCUT2D eigenvalue weighted by atomic mass is 16.5. The fourth-order valence-electron chi connectivity index (χ4n) is 1.75. The Hall–Kier alpha value is -2.07. The second kappa shape index (κ2) is 6.02. The van der Waals surface area contributed by atoms with Crippen molar-refractivity contribution in [1.29, 1.82) is 0 Å². The molecular formula is C14H16N2O2. The highest BCUT2D eigenvalue weighted by Crippen LogP contribution is 2.06. The minimum atomic E-state index is -0.0999. The molecule has 4 nitrogen and oxygen atoms in total. The van der Waals surface area contributed by atoms with Gasteiger partial charge in [0, 0.05) is 19.9 Å². The zero-order valence-electron chi connectivity index (χ0n) is 10.3. The minimum Gasteiger partial charge on any atom is -0.380 e. The molecule has 0 radical (unpaired) electrons. The Morgan fingerprint density at radius 2 is 2.11 bits per heavy atom. The SMILES string of the molecule is COCc1cccc(CNC(=O)c2ccc[nH]2)c1. The van der Waals surface area contributed by atoms with Crippen molar-refractivity contribution in [1.82, 2.24) is 10.3 Å². The Kier molecular flexibility index (Phi) is 4.15. The third-order valence-corrected chi connectivity index (χ3v) is 2.60. The van der Waals surface area contributed by atoms with E-state index in [1.807, 2.05) is 24.3 Å². The maximum atomic E-state index is 11.7. The zero-order valence-corrected chi connectivity index (χ0v) is 10.3. The molecule has 2 rings (SSSR count). The molecule has 0 fully saturated rings. The molecule has 1 heterocycles. The Morgan fingerprint density at radius 1 is 1.28 bits per heavy atom. The first-order valence-corrected chi connectivity index (χ1v) is 5.78. The number of benzene rings is 1. The van der Waals surface area contributed by atoms with Gasteiger partial charge in [0.25, 0.3) is 5.91 Å². The van der Waals surface area contributed by atoms with Crippen molar-refractivity contribution in [2.24, 2.45) is 0 Å². The topological polar surface area (TPSA) is 54.1 Å². The van der Waals surface area contributed by atoms with Crippen molar-refractivity contribution in [2.75, 3.05) is 7.11 Å². The molecule has 2 aromatic rings. The van der Waals surface area contributed by atoms with Gasteiger partial charge in [-0.1, -0.05) is 24.3 Å². The molecule has 94 valence electrons. The first-order chi connectivity index (χ1) is 8.79. The molecular weight excluding hydrogens is 228 g/mol. The fraction of sp³-hybridized carbons (Fsp3) is 0.214. The van der Waals surface area contributed by atoms with Crippen LogP contribution in [0.1, 0.15) is 21.6 Å². The van der Waals surface area contributed by atoms with Crippen LogP contribution in [-0.4, -0.2) is 18.0 Å². The number of aromatic amines is 1. The predicted molar refractivity (Wildman–Crippen MR) is 69.1 cm³/mol. The van der Waals surface area contributed by atoms with Crippen molar-refractivity contribution in [2.45, 2.75) is 13.2 Å². The van der Waals surface area contributed by atoms with Crippen molar-refractivity contribution in [3.63, 3.8) is 0 Å². The van der Waals surface area contributed by atoms with E-state index < -0.39 is 0 Å². The van der Waals surface area contributed by atoms with E-state index >= 15 is 0 Å². The molecule has 0 aliphatic rings. The van der Waals surface area contributed by atoms with Gasteiger partial charge in [0.05, 0.1) is 6.61 Å². The van der Waals surface area contributed by atoms with Crippen LogP contribution in [0.4, 0.5) is 0 Å². The number of hydrogen-bond donors (Lipinski definition) is 2. The number of H-pyrrole nitrogens is 1. The number of rotatable bonds is 5. The Balaban J connectivity index is 1.93. The van der Waals surface area contributed by atoms with E-state index in [2.05, 4.69) is 10.3 Å². The molecule has 0 unspecified atom stereocenters. The summed E-state index contributed by atoms with van der Waals surface area (Å²) in [6.45, 7) is 1.09. The third-order valence-electron chi connectivity index (χ3n) is 2.60. The van der Waals surface area contributed by atoms with Gasteiger partial charge in [-0.2, -0.15) is 0 Å². The van der Waals surface area contributed by atoms with Gasteiger partial charge in [-0.25, -0.2) is 0 Å². The van der Waals surface area contributed by atoms with Crippen LogP contribution < -0.4 is 5.32 Å². The Bertz CT molecular complexity index is 506. The zero-order chi connectivity index (χ0) is 12.8. The predicted octanol–water partition coefficient (Wildman–Crippen LogP) is 2.09. The van der Waals surface area contributed by atoms with E-state index in [9.17, 15) is 4.79 Å². The Labute approximate surface area is 106 Å². The number of hydrogen-bond acceptors (Lipinski definition) is 2. The lowest BCUT2D eigenvalue weighted by Crippen LogP contribution is -2.23. The monoisotopic (exact) mass is 244 g/mol. The molecule has 1 aromatic heterocycles. The van der Waals surface area contributed by atoms with E-state index in [1.54, 1.807) is 25.4 Å². The van der Waals surface area contributed by atoms with Crippen LogP contribution in [-0.2, 0) is 17.9 Å². The summed E-state index contributed by atoms with van der Waals surface area (Å²) in [5.74, 6) is -0.0999. The number of amides is 1. The maximum absolute atomic E-state index is 11.7. The largest absolute Gasteiger partial charge is 0.380 e. The number of aromatic nitrogens is 1. The van der Waals surface area contributed by atoms with Gasteiger partial charge >= 0.3 is 0 Å². The van der Waals surface area contributed by atoms with E-state index in [0.717, 1.165) is 11.1 Å². The summed E-state index contributed by atoms with van der Waals surface area (Å²) in [5, 5.41) is 2.86. The summed E-state index contributed by atoms with van der Waals surface area (Å²) in [4.78, 5) is 14.6. The summed E-state index contributed by atoms with van der Waals surface area (Å²) in [6, 6.07) is 11.5. The van der Waals surface area contributed by atoms with Crippen LogP contribution in [0.15, 0.2) is 42.6 Å². The van der Waals surface area contributed by atoms with Crippen LogP contribution in [0.3, 0.4) is 0 Å². The van der Waals surface area contributed by atoms with Gasteiger partial charge in [0.1, 0.15) is 5.69 Å². The number of nitrogens with one attached hydrogen (secondary N) is 2. The summed E-state index contributed by atoms with van der Waals surface area (Å²) >= 11 is 0. The molecule has 0 spiro atoms. The van der Waals surface area contributed by atoms with Gasteiger partial charge in [-0.05, 0) is 23.3 Å². The number of carbonyl (C=O) groups is 1. The molecule has 0 saturated carbocycles. The normalized spacial score (nSPS) is 10.3. The quantitative estimate of drug-likeness (QED) is 0.846. The lowest BCUT2D eigenvalue weighted by Gasteiger charge is -2.06. The average Bonchev–Trinajstić information content (AvgIpc) is 2.91. The molecule has 0 bridgehead atoms. The minimum absolute atomic E-state index is 0.0999. The molecule has 0 aliphatic heterocycles. The molecule has 0 saturated heterocycles. The summed E-state index contributed by atoms with van der Waals surface area (Å²) in [5.41, 5.74) is 2.73. The van der Waals surface area contributed by atoms with Gasteiger partial charge < -0.3 is 15.0 Å². The van der Waals surface area contributed by atoms with Crippen molar-refractivity contribution >= 4 is 5.91 Å². The molecule has 18 heavy (non-hydrogen) atoms. The summed E-state index contributed by atoms with van der Waals surface area (Å²) in [6.07, 6.45) is 1.73. The van der Waals surface area contributed by atoms with Crippen LogP contribution in [0.2, 0.25) is 0 Å². The van der Waals surface area contributed by atoms with Gasteiger partial charge in [-0.3, -0.25) is 4.79 Å². The molecule has 1 amide bonds. The fourth-order valence-corrected chi connectivity index (χ4v) is 1.75. The summed E-state index contributed by atoms with van der Waals surface area (Å²) < 4.78 is 5.08. The van der Waals surface area contributed by atoms with Crippen LogP contribution in [0.25, 0.3) is 0 Å². The van der Waals surface area contributed by atoms with Gasteiger partial charge in [-0.15, -0.1) is 0 Å². The molecule has 2 N–H and O–H groups in total. The van der Waals surface area contributed by atoms with Crippen LogP contribution in [0, 0.1) is 0 Å². The highest BCUT2D eigenvalue weighted by Gasteiger charge is 2.05. The molecule has 1 aromatic carbocycles. The van der Waals surface area contributed by atoms with Crippen LogP contribution >= 0.6 is 0 Å². The molecule has 0 aliphatic carbocycles. The standard InChI is InChI=1S/C14H16N2O2/c1-18-10-12-5-2-4-11(8-12)9-16-14(17)13-6-3-7-15-13/h2-8,15H,9-10H2,1H3,(H,16,17). The van der Waals surface area contributed by atoms with E-state index in [-0.39, 0.29) is 5.91 Å². The van der Waals surface area contributed by atoms with Crippen LogP contribution in [0.5, 0.6) is 0 Å². The smallest absolute Gasteiger partial charge is 0.267 e. The second-order valence-electron chi connectivity index (χ2n) is 4.02. The van der Waals surface area contributed by atoms with Crippen molar-refractivity contribution in [3.8, 4) is 0 Å². The first-order valence-electron chi connectivity index (χ1n) is 5.78. The lowest BCUT2D eigenvalue weighted by molar-refractivity contribution is 0.0946. The van der Waals surface area contributed by atoms with Gasteiger partial charge in [0.15, 0.2) is 0 Å². The summed E-state index contributed by atoms with van der Waals surface area (Å²) in [7, 11) is 1.67. The number of ether oxygens (including phenoxy) is 1. The number of methoxy groups -OCH3 is 1. The molecule has 4 heteroatoms. The average molecular weight is 244 g/mol. The maximum Gasteiger partial charge on any atom is 0.267 e. The van der Waals surface area contributed by atoms with E-state index in [4.69, 9.17) is 4.74 Å². The molecule has 0 atom stereocenters. The highest BCUT2D eigenvalue weighted by molar-refractivity contribution is 5.92. The third kappa shape index (κ3) is 3.21. The van der Waals surface area contributed by atoms with Gasteiger partial charge in [0.2, 0.25) is 0 Å². The second-order valence-corrected chi connectivity index (χ2v) is 4.02. The van der Waals surface area contributed by atoms with Crippen molar-refractivity contribution < 1.29 is 9.53 Å². The van der Waals surface area contributed by atoms with E-state index in [1.165, 1.54) is 0 Å².